The number of hydrogen-bond acceptors (Lipinski definition) is 5. The second-order valence-corrected chi connectivity index (χ2v) is 8.17. The minimum absolute atomic E-state index is 0.0112. The zero-order valence-corrected chi connectivity index (χ0v) is 20.9. The highest BCUT2D eigenvalue weighted by atomic mass is 19.3. The number of carbonyl (C=O) groups excluding carboxylic acids is 1. The summed E-state index contributed by atoms with van der Waals surface area (Å²) in [6.07, 6.45) is -1.10. The number of ether oxygens (including phenoxy) is 3. The van der Waals surface area contributed by atoms with E-state index in [9.17, 15) is 27.9 Å². The van der Waals surface area contributed by atoms with Crippen LogP contribution < -0.4 is 10.1 Å². The van der Waals surface area contributed by atoms with E-state index in [2.05, 4.69) is 5.32 Å². The topological polar surface area (TPSA) is 97.3 Å². The summed E-state index contributed by atoms with van der Waals surface area (Å²) in [6.45, 7) is 2.68. The van der Waals surface area contributed by atoms with Crippen molar-refractivity contribution in [2.75, 3.05) is 44.8 Å². The van der Waals surface area contributed by atoms with E-state index in [1.165, 1.54) is 30.0 Å². The molecule has 0 aliphatic carbocycles. The molecule has 2 aromatic carbocycles. The minimum Gasteiger partial charge on any atom is -0.492 e. The van der Waals surface area contributed by atoms with Gasteiger partial charge < -0.3 is 29.5 Å². The van der Waals surface area contributed by atoms with E-state index in [1.807, 2.05) is 0 Å². The number of hydrogen-bond donors (Lipinski definition) is 2. The van der Waals surface area contributed by atoms with E-state index in [0.717, 1.165) is 11.6 Å². The van der Waals surface area contributed by atoms with Gasteiger partial charge in [0.25, 0.3) is 5.92 Å². The highest BCUT2D eigenvalue weighted by Crippen LogP contribution is 2.18. The predicted octanol–water partition coefficient (Wildman–Crippen LogP) is 4.83. The molecular formula is C26H33F3N2O6. The second-order valence-electron chi connectivity index (χ2n) is 8.17. The summed E-state index contributed by atoms with van der Waals surface area (Å²) in [5.41, 5.74) is 1.00. The third-order valence-corrected chi connectivity index (χ3v) is 5.32. The van der Waals surface area contributed by atoms with Gasteiger partial charge in [0, 0.05) is 31.7 Å². The molecule has 0 saturated heterocycles. The smallest absolute Gasteiger partial charge is 0.333 e. The first kappa shape index (κ1) is 29.9. The van der Waals surface area contributed by atoms with Gasteiger partial charge in [0.05, 0.1) is 13.2 Å². The highest BCUT2D eigenvalue weighted by Gasteiger charge is 2.26. The molecule has 0 heterocycles. The lowest BCUT2D eigenvalue weighted by atomic mass is 10.1. The number of carboxylic acids is 1. The minimum atomic E-state index is -2.95. The second kappa shape index (κ2) is 15.1. The van der Waals surface area contributed by atoms with E-state index in [-0.39, 0.29) is 51.4 Å². The fraction of sp³-hybridized carbons (Fsp3) is 0.462. The summed E-state index contributed by atoms with van der Waals surface area (Å²) in [6, 6.07) is 11.6. The van der Waals surface area contributed by atoms with Gasteiger partial charge in [-0.25, -0.2) is 22.8 Å². The van der Waals surface area contributed by atoms with Crippen LogP contribution in [0.2, 0.25) is 0 Å². The Balaban J connectivity index is 1.93. The molecule has 1 atom stereocenters. The maximum absolute atomic E-state index is 13.5. The first-order chi connectivity index (χ1) is 17.6. The molecule has 2 amide bonds. The molecule has 0 aromatic heterocycles. The van der Waals surface area contributed by atoms with Gasteiger partial charge in [-0.1, -0.05) is 25.1 Å². The van der Waals surface area contributed by atoms with Crippen LogP contribution in [-0.2, 0) is 20.7 Å². The fourth-order valence-electron chi connectivity index (χ4n) is 3.21. The molecule has 204 valence electrons. The Morgan fingerprint density at radius 2 is 1.78 bits per heavy atom. The number of alkyl halides is 2. The first-order valence-corrected chi connectivity index (χ1v) is 12.0. The number of carboxylic acid groups (broad SMARTS) is 1. The van der Waals surface area contributed by atoms with Gasteiger partial charge in [0.15, 0.2) is 6.10 Å². The molecule has 0 saturated carbocycles. The van der Waals surface area contributed by atoms with E-state index >= 15 is 0 Å². The van der Waals surface area contributed by atoms with E-state index in [4.69, 9.17) is 14.2 Å². The summed E-state index contributed by atoms with van der Waals surface area (Å²) in [5.74, 6) is -4.01. The number of nitrogens with one attached hydrogen (secondary N) is 1. The number of anilines is 1. The molecule has 11 heteroatoms. The summed E-state index contributed by atoms with van der Waals surface area (Å²) in [5, 5.41) is 11.8. The Morgan fingerprint density at radius 1 is 1.08 bits per heavy atom. The SMILES string of the molecule is CCOC(Cc1ccc(OCCN(CCOCC(F)(F)CC)C(=O)Nc2cccc(F)c2)cc1)C(=O)O. The Bertz CT molecular complexity index is 991. The van der Waals surface area contributed by atoms with Gasteiger partial charge in [-0.15, -0.1) is 0 Å². The summed E-state index contributed by atoms with van der Waals surface area (Å²) in [4.78, 5) is 25.3. The van der Waals surface area contributed by atoms with Crippen molar-refractivity contribution in [3.8, 4) is 5.75 Å². The largest absolute Gasteiger partial charge is 0.492 e. The third-order valence-electron chi connectivity index (χ3n) is 5.32. The van der Waals surface area contributed by atoms with Gasteiger partial charge >= 0.3 is 12.0 Å². The fourth-order valence-corrected chi connectivity index (χ4v) is 3.21. The highest BCUT2D eigenvalue weighted by molar-refractivity contribution is 5.89. The maximum Gasteiger partial charge on any atom is 0.333 e. The van der Waals surface area contributed by atoms with Crippen LogP contribution in [0.4, 0.5) is 23.7 Å². The van der Waals surface area contributed by atoms with Crippen LogP contribution in [0.15, 0.2) is 48.5 Å². The van der Waals surface area contributed by atoms with Crippen LogP contribution in [-0.4, -0.2) is 73.6 Å². The number of benzene rings is 2. The van der Waals surface area contributed by atoms with Crippen molar-refractivity contribution in [2.45, 2.75) is 38.7 Å². The Morgan fingerprint density at radius 3 is 2.41 bits per heavy atom. The summed E-state index contributed by atoms with van der Waals surface area (Å²) in [7, 11) is 0. The molecule has 37 heavy (non-hydrogen) atoms. The molecule has 0 spiro atoms. The number of amides is 2. The zero-order chi connectivity index (χ0) is 27.3. The molecule has 0 aliphatic rings. The lowest BCUT2D eigenvalue weighted by Gasteiger charge is -2.24. The van der Waals surface area contributed by atoms with Crippen LogP contribution >= 0.6 is 0 Å². The molecule has 0 fully saturated rings. The number of carbonyl (C=O) groups is 2. The van der Waals surface area contributed by atoms with Gasteiger partial charge in [-0.2, -0.15) is 0 Å². The summed E-state index contributed by atoms with van der Waals surface area (Å²) >= 11 is 0. The molecule has 0 radical (unpaired) electrons. The predicted molar refractivity (Wildman–Crippen MR) is 132 cm³/mol. The molecule has 1 unspecified atom stereocenters. The molecule has 0 aliphatic heterocycles. The number of nitrogens with zero attached hydrogens (tertiary/aromatic N) is 1. The first-order valence-electron chi connectivity index (χ1n) is 12.0. The van der Waals surface area contributed by atoms with Crippen molar-refractivity contribution in [3.05, 3.63) is 59.9 Å². The third kappa shape index (κ3) is 11.1. The van der Waals surface area contributed by atoms with Crippen molar-refractivity contribution in [3.63, 3.8) is 0 Å². The number of urea groups is 1. The quantitative estimate of drug-likeness (QED) is 0.304. The lowest BCUT2D eigenvalue weighted by molar-refractivity contribution is -0.149. The Labute approximate surface area is 214 Å². The van der Waals surface area contributed by atoms with Gasteiger partial charge in [0.1, 0.15) is 24.8 Å². The molecule has 2 aromatic rings. The summed E-state index contributed by atoms with van der Waals surface area (Å²) < 4.78 is 56.3. The number of rotatable bonds is 16. The van der Waals surface area contributed by atoms with Gasteiger partial charge in [-0.05, 0) is 42.8 Å². The number of aliphatic carboxylic acids is 1. The lowest BCUT2D eigenvalue weighted by Crippen LogP contribution is -2.40. The van der Waals surface area contributed by atoms with Crippen LogP contribution in [0.3, 0.4) is 0 Å². The maximum atomic E-state index is 13.5. The van der Waals surface area contributed by atoms with E-state index < -0.39 is 36.5 Å². The van der Waals surface area contributed by atoms with E-state index in [0.29, 0.717) is 5.75 Å². The molecule has 0 bridgehead atoms. The molecular weight excluding hydrogens is 493 g/mol. The Kier molecular flexibility index (Phi) is 12.2. The van der Waals surface area contributed by atoms with Crippen molar-refractivity contribution in [1.82, 2.24) is 4.90 Å². The zero-order valence-electron chi connectivity index (χ0n) is 20.9. The van der Waals surface area contributed by atoms with Crippen molar-refractivity contribution < 1.29 is 42.1 Å². The molecule has 2 rings (SSSR count). The monoisotopic (exact) mass is 526 g/mol. The van der Waals surface area contributed by atoms with Crippen molar-refractivity contribution in [2.24, 2.45) is 0 Å². The van der Waals surface area contributed by atoms with Gasteiger partial charge in [-0.3, -0.25) is 0 Å². The van der Waals surface area contributed by atoms with Crippen LogP contribution in [0, 0.1) is 5.82 Å². The number of halogens is 3. The standard InChI is InChI=1S/C26H33F3N2O6/c1-3-26(28,29)18-35-14-12-31(25(34)30-21-7-5-6-20(27)17-21)13-15-37-22-10-8-19(9-11-22)16-23(24(32)33)36-4-2/h5-11,17,23H,3-4,12-16,18H2,1-2H3,(H,30,34)(H,32,33). The Hall–Kier alpha value is -3.31. The molecule has 8 nitrogen and oxygen atoms in total. The van der Waals surface area contributed by atoms with Gasteiger partial charge in [0.2, 0.25) is 0 Å². The average molecular weight is 527 g/mol. The average Bonchev–Trinajstić information content (AvgIpc) is 2.86. The molecule has 2 N–H and O–H groups in total. The van der Waals surface area contributed by atoms with Crippen molar-refractivity contribution in [1.29, 1.82) is 0 Å². The van der Waals surface area contributed by atoms with Crippen LogP contribution in [0.5, 0.6) is 5.75 Å². The normalized spacial score (nSPS) is 12.1. The van der Waals surface area contributed by atoms with Crippen LogP contribution in [0.25, 0.3) is 0 Å². The van der Waals surface area contributed by atoms with Crippen LogP contribution in [0.1, 0.15) is 25.8 Å². The van der Waals surface area contributed by atoms with E-state index in [1.54, 1.807) is 31.2 Å². The van der Waals surface area contributed by atoms with Crippen molar-refractivity contribution >= 4 is 17.7 Å².